The SMILES string of the molecule is C=CN=CC(=C)C(=C)/C=C\C=C\c1nc(-c2ccc(-c3ccc4c5ccccc5n(-c5ccccc5)c4c3)cc2)nc(-c2cccc3ccccc23)n1. The molecule has 0 saturated carbocycles. The maximum atomic E-state index is 5.02. The van der Waals surface area contributed by atoms with Crippen molar-refractivity contribution in [3.05, 3.63) is 201 Å². The number of benzene rings is 6. The van der Waals surface area contributed by atoms with Crippen LogP contribution >= 0.6 is 0 Å². The molecule has 6 aromatic carbocycles. The highest BCUT2D eigenvalue weighted by molar-refractivity contribution is 6.10. The average Bonchev–Trinajstić information content (AvgIpc) is 3.55. The molecule has 2 aromatic heterocycles. The predicted molar refractivity (Wildman–Crippen MR) is 223 cm³/mol. The fourth-order valence-corrected chi connectivity index (χ4v) is 6.60. The summed E-state index contributed by atoms with van der Waals surface area (Å²) < 4.78 is 2.34. The first-order valence-electron chi connectivity index (χ1n) is 17.4. The number of para-hydroxylation sites is 2. The van der Waals surface area contributed by atoms with E-state index >= 15 is 0 Å². The minimum Gasteiger partial charge on any atom is -0.309 e. The van der Waals surface area contributed by atoms with Crippen LogP contribution in [0.4, 0.5) is 0 Å². The van der Waals surface area contributed by atoms with Crippen LogP contribution in [-0.4, -0.2) is 25.7 Å². The number of fused-ring (bicyclic) bond motifs is 4. The number of nitrogens with zero attached hydrogens (tertiary/aromatic N) is 5. The third-order valence-electron chi connectivity index (χ3n) is 9.25. The van der Waals surface area contributed by atoms with Crippen LogP contribution in [0, 0.1) is 0 Å². The predicted octanol–water partition coefficient (Wildman–Crippen LogP) is 12.0. The van der Waals surface area contributed by atoms with Crippen LogP contribution < -0.4 is 0 Å². The Morgan fingerprint density at radius 1 is 0.566 bits per heavy atom. The Kier molecular flexibility index (Phi) is 9.04. The number of rotatable bonds is 10. The highest BCUT2D eigenvalue weighted by Gasteiger charge is 2.15. The minimum absolute atomic E-state index is 0.545. The van der Waals surface area contributed by atoms with Gasteiger partial charge in [-0.15, -0.1) is 0 Å². The van der Waals surface area contributed by atoms with Crippen molar-refractivity contribution in [2.45, 2.75) is 0 Å². The van der Waals surface area contributed by atoms with Crippen molar-refractivity contribution in [1.82, 2.24) is 19.5 Å². The van der Waals surface area contributed by atoms with Gasteiger partial charge in [0.15, 0.2) is 17.5 Å². The Labute approximate surface area is 308 Å². The van der Waals surface area contributed by atoms with Crippen LogP contribution in [0.2, 0.25) is 0 Å². The quantitative estimate of drug-likeness (QED) is 0.107. The number of allylic oxidation sites excluding steroid dienone is 5. The Morgan fingerprint density at radius 2 is 1.25 bits per heavy atom. The molecule has 0 spiro atoms. The van der Waals surface area contributed by atoms with Crippen molar-refractivity contribution in [3.8, 4) is 39.6 Å². The van der Waals surface area contributed by atoms with Crippen LogP contribution in [0.25, 0.3) is 78.2 Å². The molecule has 5 nitrogen and oxygen atoms in total. The fourth-order valence-electron chi connectivity index (χ4n) is 6.60. The summed E-state index contributed by atoms with van der Waals surface area (Å²) in [6.45, 7) is 11.7. The summed E-state index contributed by atoms with van der Waals surface area (Å²) in [4.78, 5) is 18.8. The van der Waals surface area contributed by atoms with Crippen LogP contribution in [0.1, 0.15) is 5.82 Å². The molecule has 0 bridgehead atoms. The zero-order valence-electron chi connectivity index (χ0n) is 29.1. The summed E-state index contributed by atoms with van der Waals surface area (Å²) >= 11 is 0. The molecule has 8 rings (SSSR count). The summed E-state index contributed by atoms with van der Waals surface area (Å²) in [5.74, 6) is 1.75. The van der Waals surface area contributed by atoms with Crippen molar-refractivity contribution >= 4 is 44.9 Å². The molecule has 0 saturated heterocycles. The average molecular weight is 682 g/mol. The van der Waals surface area contributed by atoms with Crippen molar-refractivity contribution < 1.29 is 0 Å². The zero-order chi connectivity index (χ0) is 36.1. The first-order valence-corrected chi connectivity index (χ1v) is 17.4. The molecule has 0 fully saturated rings. The smallest absolute Gasteiger partial charge is 0.164 e. The van der Waals surface area contributed by atoms with E-state index in [-0.39, 0.29) is 0 Å². The van der Waals surface area contributed by atoms with Gasteiger partial charge in [-0.1, -0.05) is 153 Å². The van der Waals surface area contributed by atoms with Crippen LogP contribution in [0.3, 0.4) is 0 Å². The molecule has 0 aliphatic rings. The van der Waals surface area contributed by atoms with Gasteiger partial charge in [0.05, 0.1) is 11.0 Å². The minimum atomic E-state index is 0.545. The van der Waals surface area contributed by atoms with Crippen LogP contribution in [-0.2, 0) is 0 Å². The molecule has 0 aliphatic carbocycles. The summed E-state index contributed by atoms with van der Waals surface area (Å²) in [5.41, 5.74) is 9.02. The van der Waals surface area contributed by atoms with Gasteiger partial charge in [0, 0.05) is 40.0 Å². The van der Waals surface area contributed by atoms with Gasteiger partial charge in [-0.2, -0.15) is 0 Å². The van der Waals surface area contributed by atoms with Gasteiger partial charge in [-0.05, 0) is 63.4 Å². The Bertz CT molecular complexity index is 2760. The topological polar surface area (TPSA) is 56.0 Å². The lowest BCUT2D eigenvalue weighted by Crippen LogP contribution is -2.00. The van der Waals surface area contributed by atoms with E-state index in [1.807, 2.05) is 42.5 Å². The fraction of sp³-hybridized carbons (Fsp3) is 0. The van der Waals surface area contributed by atoms with E-state index in [9.17, 15) is 0 Å². The molecule has 2 heterocycles. The second kappa shape index (κ2) is 14.5. The normalized spacial score (nSPS) is 11.8. The van der Waals surface area contributed by atoms with Gasteiger partial charge in [0.1, 0.15) is 0 Å². The molecule has 0 N–H and O–H groups in total. The highest BCUT2D eigenvalue weighted by atomic mass is 15.0. The van der Waals surface area contributed by atoms with Gasteiger partial charge >= 0.3 is 0 Å². The molecule has 0 radical (unpaired) electrons. The lowest BCUT2D eigenvalue weighted by Gasteiger charge is -2.10. The third kappa shape index (κ3) is 6.67. The highest BCUT2D eigenvalue weighted by Crippen LogP contribution is 2.35. The van der Waals surface area contributed by atoms with Crippen molar-refractivity contribution in [1.29, 1.82) is 0 Å². The second-order valence-corrected chi connectivity index (χ2v) is 12.6. The molecule has 0 atom stereocenters. The van der Waals surface area contributed by atoms with Crippen molar-refractivity contribution in [2.24, 2.45) is 4.99 Å². The maximum Gasteiger partial charge on any atom is 0.164 e. The molecule has 252 valence electrons. The Balaban J connectivity index is 1.17. The van der Waals surface area contributed by atoms with Crippen LogP contribution in [0.15, 0.2) is 200 Å². The van der Waals surface area contributed by atoms with E-state index in [2.05, 4.69) is 151 Å². The summed E-state index contributed by atoms with van der Waals surface area (Å²) in [6, 6.07) is 48.8. The third-order valence-corrected chi connectivity index (χ3v) is 9.25. The largest absolute Gasteiger partial charge is 0.309 e. The molecular formula is C48H35N5. The monoisotopic (exact) mass is 681 g/mol. The molecule has 53 heavy (non-hydrogen) atoms. The first-order chi connectivity index (χ1) is 26.1. The number of hydrogen-bond acceptors (Lipinski definition) is 4. The van der Waals surface area contributed by atoms with Gasteiger partial charge in [-0.25, -0.2) is 15.0 Å². The summed E-state index contributed by atoms with van der Waals surface area (Å²) in [5, 5.41) is 4.66. The van der Waals surface area contributed by atoms with E-state index in [1.54, 1.807) is 6.21 Å². The number of aromatic nitrogens is 4. The molecule has 0 aliphatic heterocycles. The van der Waals surface area contributed by atoms with E-state index in [4.69, 9.17) is 15.0 Å². The number of aliphatic imine (C=N–C) groups is 1. The van der Waals surface area contributed by atoms with Crippen LogP contribution in [0.5, 0.6) is 0 Å². The lowest BCUT2D eigenvalue weighted by molar-refractivity contribution is 1.05. The van der Waals surface area contributed by atoms with Crippen molar-refractivity contribution in [3.63, 3.8) is 0 Å². The standard InChI is InChI=1S/C48H35N5/c1-4-49-32-34(3)33(2)15-8-13-24-46-50-47(52-48(51-46)43-22-14-17-36-16-9-10-20-40(36)43)37-27-25-35(26-28-37)38-29-30-42-41-21-11-12-23-44(41)53(45(42)31-38)39-18-6-5-7-19-39/h4-32H,1-3H2/b15-8-,24-13+,49-32?. The van der Waals surface area contributed by atoms with Gasteiger partial charge in [0.2, 0.25) is 0 Å². The van der Waals surface area contributed by atoms with E-state index in [0.717, 1.165) is 44.3 Å². The lowest BCUT2D eigenvalue weighted by atomic mass is 10.0. The number of hydrogen-bond donors (Lipinski definition) is 0. The van der Waals surface area contributed by atoms with E-state index in [1.165, 1.54) is 28.0 Å². The van der Waals surface area contributed by atoms with Gasteiger partial charge in [-0.3, -0.25) is 4.99 Å². The summed E-state index contributed by atoms with van der Waals surface area (Å²) in [7, 11) is 0. The van der Waals surface area contributed by atoms with Gasteiger partial charge < -0.3 is 4.57 Å². The Morgan fingerprint density at radius 3 is 2.08 bits per heavy atom. The second-order valence-electron chi connectivity index (χ2n) is 12.6. The molecule has 0 unspecified atom stereocenters. The van der Waals surface area contributed by atoms with Crippen molar-refractivity contribution in [2.75, 3.05) is 0 Å². The first kappa shape index (κ1) is 32.9. The molecular weight excluding hydrogens is 647 g/mol. The summed E-state index contributed by atoms with van der Waals surface area (Å²) in [6.07, 6.45) is 10.6. The van der Waals surface area contributed by atoms with E-state index in [0.29, 0.717) is 23.0 Å². The maximum absolute atomic E-state index is 5.02. The molecule has 8 aromatic rings. The molecule has 5 heteroatoms. The molecule has 0 amide bonds. The zero-order valence-corrected chi connectivity index (χ0v) is 29.1. The Hall–Kier alpha value is -7.24. The van der Waals surface area contributed by atoms with E-state index < -0.39 is 0 Å². The van der Waals surface area contributed by atoms with Gasteiger partial charge in [0.25, 0.3) is 0 Å².